The number of carbonyl (C=O) groups excluding carboxylic acids is 1. The number of hydrogen-bond donors (Lipinski definition) is 0. The summed E-state index contributed by atoms with van der Waals surface area (Å²) in [5.74, 6) is 1.75. The Morgan fingerprint density at radius 3 is 2.50 bits per heavy atom. The van der Waals surface area contributed by atoms with Crippen LogP contribution >= 0.6 is 0 Å². The number of nitro groups is 1. The Bertz CT molecular complexity index is 576. The summed E-state index contributed by atoms with van der Waals surface area (Å²) >= 11 is 0. The van der Waals surface area contributed by atoms with Crippen LogP contribution in [0, 0.1) is 16.0 Å². The molecule has 7 heteroatoms. The van der Waals surface area contributed by atoms with Gasteiger partial charge in [0.2, 0.25) is 5.91 Å². The number of rotatable bonds is 5. The van der Waals surface area contributed by atoms with E-state index in [0.29, 0.717) is 19.5 Å². The summed E-state index contributed by atoms with van der Waals surface area (Å²) in [7, 11) is 0. The van der Waals surface area contributed by atoms with Crippen LogP contribution in [0.2, 0.25) is 0 Å². The third-order valence-electron chi connectivity index (χ3n) is 5.14. The van der Waals surface area contributed by atoms with E-state index in [1.165, 1.54) is 37.9 Å². The number of pyridine rings is 1. The molecule has 7 nitrogen and oxygen atoms in total. The molecule has 2 heterocycles. The van der Waals surface area contributed by atoms with Crippen molar-refractivity contribution in [2.75, 3.05) is 31.1 Å². The van der Waals surface area contributed by atoms with Gasteiger partial charge in [-0.05, 0) is 18.4 Å². The molecule has 1 aliphatic heterocycles. The zero-order valence-corrected chi connectivity index (χ0v) is 13.9. The SMILES string of the molecule is O=C(CCC1CCCC1)N1CCN(c2ccc([N+](=O)[O-])cn2)CC1. The van der Waals surface area contributed by atoms with Crippen LogP contribution in [-0.4, -0.2) is 46.9 Å². The fourth-order valence-electron chi connectivity index (χ4n) is 3.64. The topological polar surface area (TPSA) is 79.6 Å². The van der Waals surface area contributed by atoms with Crippen LogP contribution in [0.5, 0.6) is 0 Å². The molecule has 0 unspecified atom stereocenters. The zero-order valence-electron chi connectivity index (χ0n) is 13.9. The van der Waals surface area contributed by atoms with Crippen molar-refractivity contribution >= 4 is 17.4 Å². The number of aromatic nitrogens is 1. The molecule has 130 valence electrons. The minimum Gasteiger partial charge on any atom is -0.353 e. The Morgan fingerprint density at radius 2 is 1.92 bits per heavy atom. The fourth-order valence-corrected chi connectivity index (χ4v) is 3.64. The number of hydrogen-bond acceptors (Lipinski definition) is 5. The maximum atomic E-state index is 12.3. The number of amides is 1. The fraction of sp³-hybridized carbons (Fsp3) is 0.647. The molecule has 0 atom stereocenters. The highest BCUT2D eigenvalue weighted by Crippen LogP contribution is 2.28. The van der Waals surface area contributed by atoms with Gasteiger partial charge in [-0.2, -0.15) is 0 Å². The second-order valence-corrected chi connectivity index (χ2v) is 6.69. The lowest BCUT2D eigenvalue weighted by molar-refractivity contribution is -0.385. The third-order valence-corrected chi connectivity index (χ3v) is 5.14. The van der Waals surface area contributed by atoms with Crippen LogP contribution in [0.4, 0.5) is 11.5 Å². The van der Waals surface area contributed by atoms with Crippen LogP contribution in [0.1, 0.15) is 38.5 Å². The average molecular weight is 332 g/mol. The number of anilines is 1. The lowest BCUT2D eigenvalue weighted by Crippen LogP contribution is -2.49. The van der Waals surface area contributed by atoms with Gasteiger partial charge in [-0.15, -0.1) is 0 Å². The Balaban J connectivity index is 1.46. The summed E-state index contributed by atoms with van der Waals surface area (Å²) in [4.78, 5) is 30.7. The van der Waals surface area contributed by atoms with Crippen molar-refractivity contribution in [1.29, 1.82) is 0 Å². The van der Waals surface area contributed by atoms with Gasteiger partial charge in [0.25, 0.3) is 5.69 Å². The predicted molar refractivity (Wildman–Crippen MR) is 90.9 cm³/mol. The van der Waals surface area contributed by atoms with Crippen molar-refractivity contribution in [2.45, 2.75) is 38.5 Å². The maximum Gasteiger partial charge on any atom is 0.287 e. The molecule has 1 aliphatic carbocycles. The standard InChI is InChI=1S/C17H24N4O3/c22-17(8-5-14-3-1-2-4-14)20-11-9-19(10-12-20)16-7-6-15(13-18-16)21(23)24/h6-7,13-14H,1-5,8-12H2. The van der Waals surface area contributed by atoms with Crippen molar-refractivity contribution in [2.24, 2.45) is 5.92 Å². The molecule has 1 amide bonds. The van der Waals surface area contributed by atoms with E-state index in [9.17, 15) is 14.9 Å². The molecule has 2 aliphatic rings. The molecule has 0 spiro atoms. The van der Waals surface area contributed by atoms with Crippen molar-refractivity contribution in [1.82, 2.24) is 9.88 Å². The van der Waals surface area contributed by atoms with Crippen molar-refractivity contribution in [3.8, 4) is 0 Å². The highest BCUT2D eigenvalue weighted by Gasteiger charge is 2.23. The van der Waals surface area contributed by atoms with Crippen molar-refractivity contribution in [3.05, 3.63) is 28.4 Å². The molecule has 0 radical (unpaired) electrons. The van der Waals surface area contributed by atoms with E-state index in [-0.39, 0.29) is 11.6 Å². The molecule has 0 aromatic carbocycles. The molecule has 24 heavy (non-hydrogen) atoms. The molecule has 1 saturated carbocycles. The van der Waals surface area contributed by atoms with Gasteiger partial charge in [0.1, 0.15) is 12.0 Å². The molecule has 1 saturated heterocycles. The zero-order chi connectivity index (χ0) is 16.9. The van der Waals surface area contributed by atoms with E-state index in [1.807, 2.05) is 4.90 Å². The second-order valence-electron chi connectivity index (χ2n) is 6.69. The lowest BCUT2D eigenvalue weighted by atomic mass is 10.0. The Morgan fingerprint density at radius 1 is 1.21 bits per heavy atom. The van der Waals surface area contributed by atoms with Crippen LogP contribution in [0.25, 0.3) is 0 Å². The van der Waals surface area contributed by atoms with Gasteiger partial charge >= 0.3 is 0 Å². The van der Waals surface area contributed by atoms with Crippen molar-refractivity contribution in [3.63, 3.8) is 0 Å². The summed E-state index contributed by atoms with van der Waals surface area (Å²) in [6.45, 7) is 2.84. The van der Waals surface area contributed by atoms with Gasteiger partial charge in [-0.25, -0.2) is 4.98 Å². The number of carbonyl (C=O) groups is 1. The lowest BCUT2D eigenvalue weighted by Gasteiger charge is -2.35. The number of piperazine rings is 1. The monoisotopic (exact) mass is 332 g/mol. The summed E-state index contributed by atoms with van der Waals surface area (Å²) in [6.07, 6.45) is 8.19. The van der Waals surface area contributed by atoms with E-state index >= 15 is 0 Å². The quantitative estimate of drug-likeness (QED) is 0.611. The predicted octanol–water partition coefficient (Wildman–Crippen LogP) is 2.61. The largest absolute Gasteiger partial charge is 0.353 e. The van der Waals surface area contributed by atoms with E-state index in [4.69, 9.17) is 0 Å². The van der Waals surface area contributed by atoms with Gasteiger partial charge in [0.15, 0.2) is 0 Å². The summed E-state index contributed by atoms with van der Waals surface area (Å²) in [5, 5.41) is 10.7. The molecule has 1 aromatic rings. The first kappa shape index (κ1) is 16.7. The first-order valence-electron chi connectivity index (χ1n) is 8.76. The molecule has 1 aromatic heterocycles. The minimum atomic E-state index is -0.447. The van der Waals surface area contributed by atoms with Crippen LogP contribution in [0.3, 0.4) is 0 Å². The molecule has 3 rings (SSSR count). The Hall–Kier alpha value is -2.18. The van der Waals surface area contributed by atoms with Gasteiger partial charge in [-0.1, -0.05) is 25.7 Å². The van der Waals surface area contributed by atoms with Gasteiger partial charge in [-0.3, -0.25) is 14.9 Å². The summed E-state index contributed by atoms with van der Waals surface area (Å²) < 4.78 is 0. The molecular formula is C17H24N4O3. The molecule has 0 bridgehead atoms. The van der Waals surface area contributed by atoms with E-state index in [1.54, 1.807) is 6.07 Å². The van der Waals surface area contributed by atoms with E-state index in [2.05, 4.69) is 9.88 Å². The van der Waals surface area contributed by atoms with Gasteiger partial charge < -0.3 is 9.80 Å². The second kappa shape index (κ2) is 7.59. The first-order valence-corrected chi connectivity index (χ1v) is 8.76. The highest BCUT2D eigenvalue weighted by atomic mass is 16.6. The maximum absolute atomic E-state index is 12.3. The normalized spacial score (nSPS) is 18.8. The van der Waals surface area contributed by atoms with Gasteiger partial charge in [0, 0.05) is 38.7 Å². The van der Waals surface area contributed by atoms with Crippen LogP contribution in [-0.2, 0) is 4.79 Å². The molecule has 2 fully saturated rings. The molecular weight excluding hydrogens is 308 g/mol. The van der Waals surface area contributed by atoms with E-state index < -0.39 is 4.92 Å². The van der Waals surface area contributed by atoms with Gasteiger partial charge in [0.05, 0.1) is 4.92 Å². The smallest absolute Gasteiger partial charge is 0.287 e. The first-order chi connectivity index (χ1) is 11.6. The summed E-state index contributed by atoms with van der Waals surface area (Å²) in [6, 6.07) is 3.15. The minimum absolute atomic E-state index is 0.000485. The number of nitrogens with zero attached hydrogens (tertiary/aromatic N) is 4. The van der Waals surface area contributed by atoms with Crippen molar-refractivity contribution < 1.29 is 9.72 Å². The van der Waals surface area contributed by atoms with Crippen LogP contribution in [0.15, 0.2) is 18.3 Å². The van der Waals surface area contributed by atoms with E-state index in [0.717, 1.165) is 31.2 Å². The Kier molecular flexibility index (Phi) is 5.27. The molecule has 0 N–H and O–H groups in total. The average Bonchev–Trinajstić information content (AvgIpc) is 3.13. The summed E-state index contributed by atoms with van der Waals surface area (Å²) in [5.41, 5.74) is -0.000485. The Labute approximate surface area is 141 Å². The third kappa shape index (κ3) is 4.01. The van der Waals surface area contributed by atoms with Crippen LogP contribution < -0.4 is 4.90 Å². The highest BCUT2D eigenvalue weighted by molar-refractivity contribution is 5.76.